The summed E-state index contributed by atoms with van der Waals surface area (Å²) < 4.78 is 10.7. The number of H-pyrrole nitrogens is 1. The van der Waals surface area contributed by atoms with Gasteiger partial charge in [-0.1, -0.05) is 26.8 Å². The lowest BCUT2D eigenvalue weighted by molar-refractivity contribution is 0.384. The van der Waals surface area contributed by atoms with Crippen molar-refractivity contribution >= 4 is 11.8 Å². The molecule has 0 fully saturated rings. The van der Waals surface area contributed by atoms with Gasteiger partial charge in [0, 0.05) is 17.2 Å². The SMILES string of the molecule is COc1cccc(OC)c1CNC(=N)Nc1cc(C(C)(C)C)[nH]n1. The highest BCUT2D eigenvalue weighted by Gasteiger charge is 2.17. The Balaban J connectivity index is 2.00. The summed E-state index contributed by atoms with van der Waals surface area (Å²) in [4.78, 5) is 0. The molecule has 1 aromatic carbocycles. The first-order valence-electron chi connectivity index (χ1n) is 7.70. The zero-order valence-corrected chi connectivity index (χ0v) is 14.8. The number of aromatic nitrogens is 2. The quantitative estimate of drug-likeness (QED) is 0.499. The Morgan fingerprint density at radius 2 is 1.83 bits per heavy atom. The summed E-state index contributed by atoms with van der Waals surface area (Å²) in [5, 5.41) is 21.1. The third-order valence-corrected chi connectivity index (χ3v) is 3.61. The van der Waals surface area contributed by atoms with E-state index in [1.54, 1.807) is 14.2 Å². The van der Waals surface area contributed by atoms with Crippen molar-refractivity contribution in [3.8, 4) is 11.5 Å². The third kappa shape index (κ3) is 4.18. The molecular formula is C17H25N5O2. The van der Waals surface area contributed by atoms with E-state index in [9.17, 15) is 0 Å². The molecule has 1 heterocycles. The van der Waals surface area contributed by atoms with Crippen LogP contribution in [0, 0.1) is 5.41 Å². The number of methoxy groups -OCH3 is 2. The lowest BCUT2D eigenvalue weighted by Gasteiger charge is -2.15. The lowest BCUT2D eigenvalue weighted by atomic mass is 9.92. The molecule has 0 saturated heterocycles. The average Bonchev–Trinajstić information content (AvgIpc) is 3.01. The van der Waals surface area contributed by atoms with Gasteiger partial charge in [-0.25, -0.2) is 0 Å². The predicted molar refractivity (Wildman–Crippen MR) is 95.0 cm³/mol. The maximum atomic E-state index is 8.04. The normalized spacial score (nSPS) is 11.0. The Labute approximate surface area is 142 Å². The Morgan fingerprint density at radius 1 is 1.21 bits per heavy atom. The Morgan fingerprint density at radius 3 is 2.33 bits per heavy atom. The van der Waals surface area contributed by atoms with E-state index in [0.29, 0.717) is 23.9 Å². The van der Waals surface area contributed by atoms with E-state index in [1.807, 2.05) is 24.3 Å². The van der Waals surface area contributed by atoms with E-state index in [1.165, 1.54) is 0 Å². The molecular weight excluding hydrogens is 306 g/mol. The Bertz CT molecular complexity index is 681. The third-order valence-electron chi connectivity index (χ3n) is 3.61. The van der Waals surface area contributed by atoms with Gasteiger partial charge in [-0.2, -0.15) is 5.10 Å². The van der Waals surface area contributed by atoms with Crippen LogP contribution in [-0.2, 0) is 12.0 Å². The molecule has 130 valence electrons. The molecule has 0 aliphatic carbocycles. The summed E-state index contributed by atoms with van der Waals surface area (Å²) in [6, 6.07) is 7.49. The molecule has 0 unspecified atom stereocenters. The molecule has 2 aromatic rings. The van der Waals surface area contributed by atoms with Crippen molar-refractivity contribution in [3.05, 3.63) is 35.5 Å². The van der Waals surface area contributed by atoms with Gasteiger partial charge >= 0.3 is 0 Å². The van der Waals surface area contributed by atoms with Gasteiger partial charge in [-0.3, -0.25) is 10.5 Å². The number of ether oxygens (including phenoxy) is 2. The van der Waals surface area contributed by atoms with Gasteiger partial charge in [0.25, 0.3) is 0 Å². The van der Waals surface area contributed by atoms with Crippen LogP contribution >= 0.6 is 0 Å². The van der Waals surface area contributed by atoms with Crippen LogP contribution in [0.15, 0.2) is 24.3 Å². The molecule has 4 N–H and O–H groups in total. The summed E-state index contributed by atoms with van der Waals surface area (Å²) in [5.41, 5.74) is 1.84. The Kier molecular flexibility index (Phi) is 5.33. The second-order valence-electron chi connectivity index (χ2n) is 6.41. The number of hydrogen-bond donors (Lipinski definition) is 4. The molecule has 0 bridgehead atoms. The highest BCUT2D eigenvalue weighted by molar-refractivity contribution is 5.90. The Hall–Kier alpha value is -2.70. The van der Waals surface area contributed by atoms with Crippen LogP contribution < -0.4 is 20.1 Å². The van der Waals surface area contributed by atoms with Crippen LogP contribution in [0.3, 0.4) is 0 Å². The number of aromatic amines is 1. The number of anilines is 1. The lowest BCUT2D eigenvalue weighted by Crippen LogP contribution is -2.29. The maximum absolute atomic E-state index is 8.04. The standard InChI is InChI=1S/C17H25N5O2/c1-17(2,3)14-9-15(22-21-14)20-16(18)19-10-11-12(23-4)7-6-8-13(11)24-5/h6-9H,10H2,1-5H3,(H4,18,19,20,21,22). The van der Waals surface area contributed by atoms with Crippen LogP contribution in [0.1, 0.15) is 32.0 Å². The van der Waals surface area contributed by atoms with Crippen molar-refractivity contribution in [2.45, 2.75) is 32.7 Å². The maximum Gasteiger partial charge on any atom is 0.194 e. The first-order valence-corrected chi connectivity index (χ1v) is 7.70. The topological polar surface area (TPSA) is 95.0 Å². The summed E-state index contributed by atoms with van der Waals surface area (Å²) in [6.07, 6.45) is 0. The van der Waals surface area contributed by atoms with Crippen LogP contribution in [-0.4, -0.2) is 30.4 Å². The first-order chi connectivity index (χ1) is 11.3. The van der Waals surface area contributed by atoms with E-state index < -0.39 is 0 Å². The number of benzene rings is 1. The van der Waals surface area contributed by atoms with Gasteiger partial charge < -0.3 is 20.1 Å². The van der Waals surface area contributed by atoms with Crippen molar-refractivity contribution < 1.29 is 9.47 Å². The van der Waals surface area contributed by atoms with E-state index in [2.05, 4.69) is 41.6 Å². The van der Waals surface area contributed by atoms with Gasteiger partial charge in [-0.15, -0.1) is 0 Å². The summed E-state index contributed by atoms with van der Waals surface area (Å²) in [7, 11) is 3.22. The molecule has 7 nitrogen and oxygen atoms in total. The zero-order chi connectivity index (χ0) is 17.7. The summed E-state index contributed by atoms with van der Waals surface area (Å²) >= 11 is 0. The summed E-state index contributed by atoms with van der Waals surface area (Å²) in [5.74, 6) is 2.17. The molecule has 24 heavy (non-hydrogen) atoms. The average molecular weight is 331 g/mol. The fourth-order valence-corrected chi connectivity index (χ4v) is 2.22. The molecule has 7 heteroatoms. The predicted octanol–water partition coefficient (Wildman–Crippen LogP) is 2.86. The molecule has 0 amide bonds. The van der Waals surface area contributed by atoms with Crippen LogP contribution in [0.2, 0.25) is 0 Å². The molecule has 0 atom stereocenters. The largest absolute Gasteiger partial charge is 0.496 e. The first kappa shape index (κ1) is 17.7. The number of guanidine groups is 1. The monoisotopic (exact) mass is 331 g/mol. The van der Waals surface area contributed by atoms with E-state index in [4.69, 9.17) is 14.9 Å². The molecule has 0 aliphatic rings. The number of hydrogen-bond acceptors (Lipinski definition) is 4. The van der Waals surface area contributed by atoms with E-state index in [-0.39, 0.29) is 11.4 Å². The molecule has 2 rings (SSSR count). The van der Waals surface area contributed by atoms with Crippen LogP contribution in [0.5, 0.6) is 11.5 Å². The van der Waals surface area contributed by atoms with Crippen molar-refractivity contribution in [1.29, 1.82) is 5.41 Å². The molecule has 0 spiro atoms. The number of nitrogens with zero attached hydrogens (tertiary/aromatic N) is 1. The smallest absolute Gasteiger partial charge is 0.194 e. The highest BCUT2D eigenvalue weighted by atomic mass is 16.5. The number of nitrogens with one attached hydrogen (secondary N) is 4. The molecule has 1 aromatic heterocycles. The second kappa shape index (κ2) is 7.25. The van der Waals surface area contributed by atoms with E-state index >= 15 is 0 Å². The van der Waals surface area contributed by atoms with Gasteiger partial charge in [-0.05, 0) is 12.1 Å². The fourth-order valence-electron chi connectivity index (χ4n) is 2.22. The number of rotatable bonds is 5. The molecule has 0 radical (unpaired) electrons. The van der Waals surface area contributed by atoms with Crippen molar-refractivity contribution in [1.82, 2.24) is 15.5 Å². The highest BCUT2D eigenvalue weighted by Crippen LogP contribution is 2.28. The molecule has 0 aliphatic heterocycles. The van der Waals surface area contributed by atoms with Crippen molar-refractivity contribution in [2.24, 2.45) is 0 Å². The second-order valence-corrected chi connectivity index (χ2v) is 6.41. The van der Waals surface area contributed by atoms with Gasteiger partial charge in [0.15, 0.2) is 11.8 Å². The minimum atomic E-state index is -0.0205. The fraction of sp³-hybridized carbons (Fsp3) is 0.412. The van der Waals surface area contributed by atoms with Gasteiger partial charge in [0.2, 0.25) is 0 Å². The summed E-state index contributed by atoms with van der Waals surface area (Å²) in [6.45, 7) is 6.70. The zero-order valence-electron chi connectivity index (χ0n) is 14.8. The van der Waals surface area contributed by atoms with Crippen molar-refractivity contribution in [2.75, 3.05) is 19.5 Å². The van der Waals surface area contributed by atoms with Crippen molar-refractivity contribution in [3.63, 3.8) is 0 Å². The van der Waals surface area contributed by atoms with Crippen LogP contribution in [0.4, 0.5) is 5.82 Å². The minimum Gasteiger partial charge on any atom is -0.496 e. The van der Waals surface area contributed by atoms with Gasteiger partial charge in [0.05, 0.1) is 26.3 Å². The minimum absolute atomic E-state index is 0.0205. The molecule has 0 saturated carbocycles. The van der Waals surface area contributed by atoms with Crippen LogP contribution in [0.25, 0.3) is 0 Å². The van der Waals surface area contributed by atoms with E-state index in [0.717, 1.165) is 11.3 Å². The van der Waals surface area contributed by atoms with Gasteiger partial charge in [0.1, 0.15) is 11.5 Å².